The number of para-hydroxylation sites is 1. The average Bonchev–Trinajstić information content (AvgIpc) is 3.29. The van der Waals surface area contributed by atoms with E-state index in [-0.39, 0.29) is 0 Å². The molecule has 0 bridgehead atoms. The van der Waals surface area contributed by atoms with Crippen LogP contribution in [0.1, 0.15) is 5.69 Å². The fourth-order valence-corrected chi connectivity index (χ4v) is 4.94. The third-order valence-corrected chi connectivity index (χ3v) is 6.67. The average molecular weight is 420 g/mol. The molecule has 1 N–H and O–H groups in total. The number of aryl methyl sites for hydroxylation is 1. The predicted octanol–water partition coefficient (Wildman–Crippen LogP) is 4.20. The van der Waals surface area contributed by atoms with Crippen LogP contribution in [0.3, 0.4) is 0 Å². The van der Waals surface area contributed by atoms with Crippen LogP contribution < -0.4 is 19.9 Å². The van der Waals surface area contributed by atoms with E-state index in [2.05, 4.69) is 45.4 Å². The second-order valence-electron chi connectivity index (χ2n) is 7.41. The first kappa shape index (κ1) is 19.1. The minimum absolute atomic E-state index is 0.833. The van der Waals surface area contributed by atoms with E-state index in [1.807, 2.05) is 36.0 Å². The van der Waals surface area contributed by atoms with Crippen molar-refractivity contribution in [1.29, 1.82) is 0 Å². The summed E-state index contributed by atoms with van der Waals surface area (Å²) in [6.07, 6.45) is 0.997. The Hall–Kier alpha value is -2.93. The molecule has 7 heteroatoms. The molecule has 2 aliphatic rings. The van der Waals surface area contributed by atoms with Crippen LogP contribution >= 0.6 is 11.8 Å². The summed E-state index contributed by atoms with van der Waals surface area (Å²) in [7, 11) is 1.68. The molecule has 154 valence electrons. The lowest BCUT2D eigenvalue weighted by molar-refractivity contribution is 0.415. The summed E-state index contributed by atoms with van der Waals surface area (Å²) in [6.45, 7) is 3.78. The van der Waals surface area contributed by atoms with Crippen LogP contribution in [-0.4, -0.2) is 49.0 Å². The molecular formula is C23H25N5OS. The summed E-state index contributed by atoms with van der Waals surface area (Å²) >= 11 is 1.84. The van der Waals surface area contributed by atoms with Gasteiger partial charge in [0.05, 0.1) is 17.7 Å². The number of methoxy groups -OCH3 is 1. The molecule has 1 fully saturated rings. The van der Waals surface area contributed by atoms with Crippen molar-refractivity contribution >= 4 is 34.9 Å². The number of piperazine rings is 1. The first-order chi connectivity index (χ1) is 14.8. The van der Waals surface area contributed by atoms with Crippen molar-refractivity contribution in [2.45, 2.75) is 11.3 Å². The number of rotatable bonds is 5. The molecule has 1 saturated heterocycles. The molecule has 0 saturated carbocycles. The van der Waals surface area contributed by atoms with Gasteiger partial charge in [-0.25, -0.2) is 4.98 Å². The van der Waals surface area contributed by atoms with E-state index in [1.54, 1.807) is 7.11 Å². The monoisotopic (exact) mass is 419 g/mol. The maximum atomic E-state index is 5.26. The molecule has 0 aliphatic carbocycles. The van der Waals surface area contributed by atoms with Crippen molar-refractivity contribution in [3.63, 3.8) is 0 Å². The molecular weight excluding hydrogens is 394 g/mol. The summed E-state index contributed by atoms with van der Waals surface area (Å²) in [6, 6.07) is 18.6. The SMILES string of the molecule is COc1ccc(Nc2nc(N3CCN(c4ccccc4)CC3)nc3c2SCC3)cc1. The number of hydrogen-bond acceptors (Lipinski definition) is 7. The second-order valence-corrected chi connectivity index (χ2v) is 8.51. The minimum atomic E-state index is 0.833. The smallest absolute Gasteiger partial charge is 0.227 e. The van der Waals surface area contributed by atoms with Gasteiger partial charge in [-0.3, -0.25) is 0 Å². The van der Waals surface area contributed by atoms with Gasteiger partial charge in [0.15, 0.2) is 0 Å². The molecule has 2 aliphatic heterocycles. The molecule has 0 amide bonds. The van der Waals surface area contributed by atoms with E-state index in [9.17, 15) is 0 Å². The molecule has 0 atom stereocenters. The van der Waals surface area contributed by atoms with Gasteiger partial charge in [-0.05, 0) is 36.4 Å². The number of fused-ring (bicyclic) bond motifs is 1. The van der Waals surface area contributed by atoms with Crippen LogP contribution in [0.4, 0.5) is 23.1 Å². The number of aromatic nitrogens is 2. The van der Waals surface area contributed by atoms with Gasteiger partial charge < -0.3 is 19.9 Å². The highest BCUT2D eigenvalue weighted by Crippen LogP contribution is 2.38. The quantitative estimate of drug-likeness (QED) is 0.665. The zero-order chi connectivity index (χ0) is 20.3. The highest BCUT2D eigenvalue weighted by atomic mass is 32.2. The highest BCUT2D eigenvalue weighted by molar-refractivity contribution is 7.99. The molecule has 1 aromatic heterocycles. The Morgan fingerprint density at radius 2 is 1.63 bits per heavy atom. The van der Waals surface area contributed by atoms with Gasteiger partial charge in [0.25, 0.3) is 0 Å². The number of anilines is 4. The molecule has 0 unspecified atom stereocenters. The van der Waals surface area contributed by atoms with Crippen LogP contribution in [0.15, 0.2) is 59.5 Å². The van der Waals surface area contributed by atoms with Gasteiger partial charge in [-0.15, -0.1) is 11.8 Å². The molecule has 0 radical (unpaired) electrons. The predicted molar refractivity (Wildman–Crippen MR) is 124 cm³/mol. The van der Waals surface area contributed by atoms with Crippen molar-refractivity contribution in [1.82, 2.24) is 9.97 Å². The third kappa shape index (κ3) is 3.89. The number of nitrogens with one attached hydrogen (secondary N) is 1. The lowest BCUT2D eigenvalue weighted by Crippen LogP contribution is -2.47. The standard InChI is InChI=1S/C23H25N5OS/c1-29-19-9-7-17(8-10-19)24-22-21-20(11-16-30-21)25-23(26-22)28-14-12-27(13-15-28)18-5-3-2-4-6-18/h2-10H,11-16H2,1H3,(H,24,25,26). The number of hydrogen-bond donors (Lipinski definition) is 1. The molecule has 6 nitrogen and oxygen atoms in total. The largest absolute Gasteiger partial charge is 0.497 e. The normalized spacial score (nSPS) is 15.8. The fourth-order valence-electron chi connectivity index (χ4n) is 3.90. The maximum Gasteiger partial charge on any atom is 0.227 e. The molecule has 3 heterocycles. The van der Waals surface area contributed by atoms with Gasteiger partial charge in [-0.1, -0.05) is 18.2 Å². The Bertz CT molecular complexity index is 1000. The number of nitrogens with zero attached hydrogens (tertiary/aromatic N) is 4. The highest BCUT2D eigenvalue weighted by Gasteiger charge is 2.25. The van der Waals surface area contributed by atoms with Crippen LogP contribution in [0.25, 0.3) is 0 Å². The van der Waals surface area contributed by atoms with E-state index in [0.29, 0.717) is 0 Å². The summed E-state index contributed by atoms with van der Waals surface area (Å²) in [5.41, 5.74) is 3.45. The summed E-state index contributed by atoms with van der Waals surface area (Å²) in [5, 5.41) is 3.51. The molecule has 0 spiro atoms. The van der Waals surface area contributed by atoms with Gasteiger partial charge in [0.1, 0.15) is 11.6 Å². The Balaban J connectivity index is 1.35. The zero-order valence-corrected chi connectivity index (χ0v) is 17.9. The van der Waals surface area contributed by atoms with Crippen molar-refractivity contribution in [3.8, 4) is 5.75 Å². The van der Waals surface area contributed by atoms with E-state index in [0.717, 1.165) is 67.2 Å². The lowest BCUT2D eigenvalue weighted by atomic mass is 10.2. The van der Waals surface area contributed by atoms with Crippen molar-refractivity contribution < 1.29 is 4.74 Å². The van der Waals surface area contributed by atoms with Gasteiger partial charge in [0, 0.05) is 49.7 Å². The van der Waals surface area contributed by atoms with Crippen LogP contribution in [0.2, 0.25) is 0 Å². The van der Waals surface area contributed by atoms with Gasteiger partial charge in [-0.2, -0.15) is 4.98 Å². The number of thioether (sulfide) groups is 1. The van der Waals surface area contributed by atoms with Crippen LogP contribution in [0, 0.1) is 0 Å². The van der Waals surface area contributed by atoms with Crippen molar-refractivity contribution in [2.75, 3.05) is 54.2 Å². The van der Waals surface area contributed by atoms with E-state index < -0.39 is 0 Å². The van der Waals surface area contributed by atoms with Crippen LogP contribution in [0.5, 0.6) is 5.75 Å². The van der Waals surface area contributed by atoms with Gasteiger partial charge in [0.2, 0.25) is 5.95 Å². The Kier molecular flexibility index (Phi) is 5.36. The Labute approximate surface area is 181 Å². The Morgan fingerprint density at radius 3 is 2.37 bits per heavy atom. The zero-order valence-electron chi connectivity index (χ0n) is 17.0. The second kappa shape index (κ2) is 8.44. The maximum absolute atomic E-state index is 5.26. The van der Waals surface area contributed by atoms with Gasteiger partial charge >= 0.3 is 0 Å². The minimum Gasteiger partial charge on any atom is -0.497 e. The topological polar surface area (TPSA) is 53.5 Å². The molecule has 5 rings (SSSR count). The fraction of sp³-hybridized carbons (Fsp3) is 0.304. The van der Waals surface area contributed by atoms with Crippen molar-refractivity contribution in [2.24, 2.45) is 0 Å². The van der Waals surface area contributed by atoms with E-state index >= 15 is 0 Å². The summed E-state index contributed by atoms with van der Waals surface area (Å²) in [5.74, 6) is 3.65. The number of benzene rings is 2. The van der Waals surface area contributed by atoms with Crippen molar-refractivity contribution in [3.05, 3.63) is 60.3 Å². The summed E-state index contributed by atoms with van der Waals surface area (Å²) < 4.78 is 5.26. The van der Waals surface area contributed by atoms with E-state index in [4.69, 9.17) is 14.7 Å². The first-order valence-electron chi connectivity index (χ1n) is 10.3. The first-order valence-corrected chi connectivity index (χ1v) is 11.3. The molecule has 2 aromatic carbocycles. The number of ether oxygens (including phenoxy) is 1. The Morgan fingerprint density at radius 1 is 0.900 bits per heavy atom. The lowest BCUT2D eigenvalue weighted by Gasteiger charge is -2.36. The third-order valence-electron chi connectivity index (χ3n) is 5.55. The molecule has 3 aromatic rings. The summed E-state index contributed by atoms with van der Waals surface area (Å²) in [4.78, 5) is 15.8. The van der Waals surface area contributed by atoms with E-state index in [1.165, 1.54) is 10.6 Å². The molecule has 30 heavy (non-hydrogen) atoms. The van der Waals surface area contributed by atoms with Crippen LogP contribution in [-0.2, 0) is 6.42 Å².